The van der Waals surface area contributed by atoms with Gasteiger partial charge in [-0.3, -0.25) is 9.69 Å². The summed E-state index contributed by atoms with van der Waals surface area (Å²) in [6.07, 6.45) is 2.70. The molecule has 1 amide bonds. The number of aromatic nitrogens is 1. The van der Waals surface area contributed by atoms with Crippen molar-refractivity contribution in [2.75, 3.05) is 25.0 Å². The van der Waals surface area contributed by atoms with Crippen molar-refractivity contribution in [3.63, 3.8) is 0 Å². The van der Waals surface area contributed by atoms with E-state index in [0.29, 0.717) is 18.3 Å². The molecule has 6 heteroatoms. The van der Waals surface area contributed by atoms with E-state index >= 15 is 0 Å². The van der Waals surface area contributed by atoms with E-state index in [-0.39, 0.29) is 11.9 Å². The molecule has 0 spiro atoms. The topological polar surface area (TPSA) is 71.2 Å². The van der Waals surface area contributed by atoms with Crippen molar-refractivity contribution in [2.45, 2.75) is 19.4 Å². The van der Waals surface area contributed by atoms with Gasteiger partial charge in [0.05, 0.1) is 6.54 Å². The number of carbonyl (C=O) groups is 1. The van der Waals surface area contributed by atoms with Crippen LogP contribution in [0.2, 0.25) is 0 Å². The normalized spacial score (nSPS) is 24.2. The average Bonchev–Trinajstić information content (AvgIpc) is 2.30. The molecule has 5 nitrogen and oxygen atoms in total. The maximum absolute atomic E-state index is 11.9. The van der Waals surface area contributed by atoms with Crippen LogP contribution in [0.5, 0.6) is 0 Å². The zero-order valence-corrected chi connectivity index (χ0v) is 12.6. The average molecular weight is 327 g/mol. The molecule has 1 saturated heterocycles. The number of carbonyl (C=O) groups excluding carboxylic acids is 1. The molecule has 0 saturated carbocycles. The molecule has 19 heavy (non-hydrogen) atoms. The molecule has 2 rings (SSSR count). The SMILES string of the molecule is CC1CC(N)CN(CC(=O)Nc2ccc(Br)cn2)C1. The molecule has 2 heterocycles. The number of nitrogens with one attached hydrogen (secondary N) is 1. The minimum absolute atomic E-state index is 0.0453. The lowest BCUT2D eigenvalue weighted by molar-refractivity contribution is -0.117. The number of pyridine rings is 1. The lowest BCUT2D eigenvalue weighted by atomic mass is 9.97. The van der Waals surface area contributed by atoms with Crippen LogP contribution < -0.4 is 11.1 Å². The van der Waals surface area contributed by atoms with Crippen LogP contribution in [0, 0.1) is 5.92 Å². The van der Waals surface area contributed by atoms with Crippen LogP contribution in [0.25, 0.3) is 0 Å². The third-order valence-electron chi connectivity index (χ3n) is 3.13. The second-order valence-corrected chi connectivity index (χ2v) is 6.12. The zero-order valence-electron chi connectivity index (χ0n) is 11.0. The van der Waals surface area contributed by atoms with Crippen molar-refractivity contribution in [3.8, 4) is 0 Å². The summed E-state index contributed by atoms with van der Waals surface area (Å²) in [5.74, 6) is 1.07. The van der Waals surface area contributed by atoms with E-state index in [2.05, 4.69) is 38.1 Å². The lowest BCUT2D eigenvalue weighted by Crippen LogP contribution is -2.48. The third-order valence-corrected chi connectivity index (χ3v) is 3.60. The quantitative estimate of drug-likeness (QED) is 0.882. The fourth-order valence-corrected chi connectivity index (χ4v) is 2.71. The van der Waals surface area contributed by atoms with Crippen molar-refractivity contribution in [2.24, 2.45) is 11.7 Å². The highest BCUT2D eigenvalue weighted by atomic mass is 79.9. The molecule has 104 valence electrons. The lowest BCUT2D eigenvalue weighted by Gasteiger charge is -2.34. The van der Waals surface area contributed by atoms with Gasteiger partial charge in [0.25, 0.3) is 0 Å². The molecule has 3 N–H and O–H groups in total. The Morgan fingerprint density at radius 1 is 1.58 bits per heavy atom. The fraction of sp³-hybridized carbons (Fsp3) is 0.538. The van der Waals surface area contributed by atoms with Crippen LogP contribution in [-0.2, 0) is 4.79 Å². The smallest absolute Gasteiger partial charge is 0.239 e. The molecule has 2 unspecified atom stereocenters. The van der Waals surface area contributed by atoms with Gasteiger partial charge in [0, 0.05) is 29.8 Å². The number of piperidine rings is 1. The van der Waals surface area contributed by atoms with Crippen LogP contribution in [-0.4, -0.2) is 41.5 Å². The van der Waals surface area contributed by atoms with E-state index in [1.807, 2.05) is 6.07 Å². The van der Waals surface area contributed by atoms with Gasteiger partial charge in [-0.25, -0.2) is 4.98 Å². The molecule has 0 bridgehead atoms. The van der Waals surface area contributed by atoms with E-state index in [9.17, 15) is 4.79 Å². The summed E-state index contributed by atoms with van der Waals surface area (Å²) in [5.41, 5.74) is 5.97. The van der Waals surface area contributed by atoms with Gasteiger partial charge in [0.2, 0.25) is 5.91 Å². The van der Waals surface area contributed by atoms with Crippen molar-refractivity contribution >= 4 is 27.7 Å². The fourth-order valence-electron chi connectivity index (χ4n) is 2.48. The maximum atomic E-state index is 11.9. The van der Waals surface area contributed by atoms with Crippen molar-refractivity contribution in [3.05, 3.63) is 22.8 Å². The second kappa shape index (κ2) is 6.45. The minimum Gasteiger partial charge on any atom is -0.327 e. The molecule has 0 aromatic carbocycles. The van der Waals surface area contributed by atoms with E-state index in [1.54, 1.807) is 12.3 Å². The van der Waals surface area contributed by atoms with Crippen LogP contribution in [0.15, 0.2) is 22.8 Å². The van der Waals surface area contributed by atoms with E-state index in [0.717, 1.165) is 24.0 Å². The summed E-state index contributed by atoms with van der Waals surface area (Å²) < 4.78 is 0.890. The van der Waals surface area contributed by atoms with Gasteiger partial charge in [-0.2, -0.15) is 0 Å². The molecule has 1 fully saturated rings. The van der Waals surface area contributed by atoms with Gasteiger partial charge >= 0.3 is 0 Å². The highest BCUT2D eigenvalue weighted by Gasteiger charge is 2.23. The highest BCUT2D eigenvalue weighted by molar-refractivity contribution is 9.10. The molecular weight excluding hydrogens is 308 g/mol. The molecule has 1 aromatic rings. The molecule has 2 atom stereocenters. The summed E-state index contributed by atoms with van der Waals surface area (Å²) >= 11 is 3.31. The molecule has 1 aromatic heterocycles. The van der Waals surface area contributed by atoms with E-state index in [1.165, 1.54) is 0 Å². The largest absolute Gasteiger partial charge is 0.327 e. The van der Waals surface area contributed by atoms with Crippen LogP contribution in [0.1, 0.15) is 13.3 Å². The number of likely N-dealkylation sites (tertiary alicyclic amines) is 1. The third kappa shape index (κ3) is 4.56. The number of nitrogens with zero attached hydrogens (tertiary/aromatic N) is 2. The Kier molecular flexibility index (Phi) is 4.90. The van der Waals surface area contributed by atoms with E-state index < -0.39 is 0 Å². The highest BCUT2D eigenvalue weighted by Crippen LogP contribution is 2.15. The Labute approximate surface area is 121 Å². The van der Waals surface area contributed by atoms with E-state index in [4.69, 9.17) is 5.73 Å². The van der Waals surface area contributed by atoms with Crippen LogP contribution in [0.3, 0.4) is 0 Å². The number of hydrogen-bond donors (Lipinski definition) is 2. The predicted octanol–water partition coefficient (Wildman–Crippen LogP) is 1.45. The van der Waals surface area contributed by atoms with Gasteiger partial charge < -0.3 is 11.1 Å². The molecule has 1 aliphatic heterocycles. The number of halogens is 1. The number of anilines is 1. The van der Waals surface area contributed by atoms with Gasteiger partial charge in [0.1, 0.15) is 5.82 Å². The van der Waals surface area contributed by atoms with Crippen molar-refractivity contribution < 1.29 is 4.79 Å². The van der Waals surface area contributed by atoms with Gasteiger partial charge in [-0.05, 0) is 40.4 Å². The molecule has 1 aliphatic rings. The maximum Gasteiger partial charge on any atom is 0.239 e. The Morgan fingerprint density at radius 2 is 2.37 bits per heavy atom. The minimum atomic E-state index is -0.0453. The first-order chi connectivity index (χ1) is 9.02. The second-order valence-electron chi connectivity index (χ2n) is 5.20. The first-order valence-electron chi connectivity index (χ1n) is 6.42. The van der Waals surface area contributed by atoms with Crippen molar-refractivity contribution in [1.82, 2.24) is 9.88 Å². The molecule has 0 radical (unpaired) electrons. The first kappa shape index (κ1) is 14.4. The number of rotatable bonds is 3. The summed E-state index contributed by atoms with van der Waals surface area (Å²) in [5, 5.41) is 2.79. The Hall–Kier alpha value is -0.980. The predicted molar refractivity (Wildman–Crippen MR) is 78.8 cm³/mol. The summed E-state index contributed by atoms with van der Waals surface area (Å²) in [4.78, 5) is 18.2. The molecular formula is C13H19BrN4O. The Bertz CT molecular complexity index is 427. The van der Waals surface area contributed by atoms with Crippen LogP contribution >= 0.6 is 15.9 Å². The number of hydrogen-bond acceptors (Lipinski definition) is 4. The zero-order chi connectivity index (χ0) is 13.8. The number of nitrogens with two attached hydrogens (primary N) is 1. The Morgan fingerprint density at radius 3 is 3.00 bits per heavy atom. The standard InChI is InChI=1S/C13H19BrN4O/c1-9-4-11(15)7-18(6-9)8-13(19)17-12-3-2-10(14)5-16-12/h2-3,5,9,11H,4,6-8,15H2,1H3,(H,16,17,19). The summed E-state index contributed by atoms with van der Waals surface area (Å²) in [7, 11) is 0. The Balaban J connectivity index is 1.85. The van der Waals surface area contributed by atoms with Crippen molar-refractivity contribution in [1.29, 1.82) is 0 Å². The van der Waals surface area contributed by atoms with Gasteiger partial charge in [-0.15, -0.1) is 0 Å². The first-order valence-corrected chi connectivity index (χ1v) is 7.21. The monoisotopic (exact) mass is 326 g/mol. The molecule has 0 aliphatic carbocycles. The number of amides is 1. The van der Waals surface area contributed by atoms with Crippen LogP contribution in [0.4, 0.5) is 5.82 Å². The van der Waals surface area contributed by atoms with Gasteiger partial charge in [0.15, 0.2) is 0 Å². The van der Waals surface area contributed by atoms with Gasteiger partial charge in [-0.1, -0.05) is 6.92 Å². The summed E-state index contributed by atoms with van der Waals surface area (Å²) in [6.45, 7) is 4.25. The summed E-state index contributed by atoms with van der Waals surface area (Å²) in [6, 6.07) is 3.79.